The molecule has 22 heavy (non-hydrogen) atoms. The Hall–Kier alpha value is -1.42. The first-order valence-electron chi connectivity index (χ1n) is 8.34. The van der Waals surface area contributed by atoms with E-state index >= 15 is 0 Å². The van der Waals surface area contributed by atoms with Crippen LogP contribution in [0.15, 0.2) is 18.3 Å². The molecule has 1 aliphatic carbocycles. The number of aryl methyl sites for hydroxylation is 1. The molecule has 0 unspecified atom stereocenters. The second-order valence-electron chi connectivity index (χ2n) is 6.86. The number of carbonyl (C=O) groups is 1. The van der Waals surface area contributed by atoms with Gasteiger partial charge in [-0.25, -0.2) is 4.98 Å². The van der Waals surface area contributed by atoms with Gasteiger partial charge in [0.1, 0.15) is 11.9 Å². The van der Waals surface area contributed by atoms with Crippen LogP contribution in [-0.4, -0.2) is 29.0 Å². The molecule has 122 valence electrons. The van der Waals surface area contributed by atoms with Crippen LogP contribution < -0.4 is 10.1 Å². The zero-order chi connectivity index (χ0) is 16.1. The second kappa shape index (κ2) is 7.73. The van der Waals surface area contributed by atoms with Crippen molar-refractivity contribution in [3.05, 3.63) is 23.9 Å². The van der Waals surface area contributed by atoms with Crippen molar-refractivity contribution in [2.75, 3.05) is 0 Å². The van der Waals surface area contributed by atoms with Crippen molar-refractivity contribution in [1.29, 1.82) is 0 Å². The van der Waals surface area contributed by atoms with Crippen LogP contribution in [0.2, 0.25) is 0 Å². The van der Waals surface area contributed by atoms with Crippen molar-refractivity contribution >= 4 is 5.78 Å². The highest BCUT2D eigenvalue weighted by Gasteiger charge is 2.31. The molecule has 1 fully saturated rings. The minimum absolute atomic E-state index is 0.113. The highest BCUT2D eigenvalue weighted by Crippen LogP contribution is 2.25. The molecule has 0 aliphatic heterocycles. The number of nitrogens with one attached hydrogen (secondary N) is 1. The van der Waals surface area contributed by atoms with E-state index in [0.717, 1.165) is 24.8 Å². The van der Waals surface area contributed by atoms with Gasteiger partial charge in [0, 0.05) is 36.7 Å². The first kappa shape index (κ1) is 16.9. The highest BCUT2D eigenvalue weighted by molar-refractivity contribution is 5.80. The lowest BCUT2D eigenvalue weighted by Crippen LogP contribution is -2.49. The second-order valence-corrected chi connectivity index (χ2v) is 6.86. The molecule has 1 aliphatic rings. The van der Waals surface area contributed by atoms with Crippen molar-refractivity contribution in [3.63, 3.8) is 0 Å². The number of Topliss-reactive ketones (excluding diaryl/α,β-unsaturated/α-hetero) is 1. The van der Waals surface area contributed by atoms with Crippen LogP contribution in [0.1, 0.15) is 52.5 Å². The predicted molar refractivity (Wildman–Crippen MR) is 88.1 cm³/mol. The molecule has 1 aromatic heterocycles. The van der Waals surface area contributed by atoms with Gasteiger partial charge in [0.25, 0.3) is 0 Å². The molecule has 1 N–H and O–H groups in total. The normalized spacial score (nSPS) is 21.0. The minimum atomic E-state index is 0.113. The number of carbonyl (C=O) groups excluding carboxylic acids is 1. The van der Waals surface area contributed by atoms with E-state index in [0.29, 0.717) is 30.2 Å². The van der Waals surface area contributed by atoms with Crippen LogP contribution in [0.4, 0.5) is 0 Å². The van der Waals surface area contributed by atoms with E-state index in [1.807, 2.05) is 32.2 Å². The van der Waals surface area contributed by atoms with Gasteiger partial charge in [0.15, 0.2) is 0 Å². The van der Waals surface area contributed by atoms with Crippen LogP contribution in [0.5, 0.6) is 5.88 Å². The summed E-state index contributed by atoms with van der Waals surface area (Å²) in [6.07, 6.45) is 5.54. The molecule has 0 aromatic carbocycles. The minimum Gasteiger partial charge on any atom is -0.474 e. The van der Waals surface area contributed by atoms with Crippen LogP contribution in [0, 0.1) is 5.92 Å². The summed E-state index contributed by atoms with van der Waals surface area (Å²) in [6, 6.07) is 5.03. The Kier molecular flexibility index (Phi) is 5.95. The number of hydrogen-bond donors (Lipinski definition) is 1. The summed E-state index contributed by atoms with van der Waals surface area (Å²) in [6.45, 7) is 8.21. The zero-order valence-electron chi connectivity index (χ0n) is 14.1. The summed E-state index contributed by atoms with van der Waals surface area (Å²) in [4.78, 5) is 16.0. The van der Waals surface area contributed by atoms with E-state index in [-0.39, 0.29) is 12.0 Å². The zero-order valence-corrected chi connectivity index (χ0v) is 14.1. The third-order valence-corrected chi connectivity index (χ3v) is 4.05. The third kappa shape index (κ3) is 5.09. The molecule has 4 heteroatoms. The average Bonchev–Trinajstić information content (AvgIpc) is 2.43. The Morgan fingerprint density at radius 3 is 2.59 bits per heavy atom. The van der Waals surface area contributed by atoms with Crippen molar-refractivity contribution < 1.29 is 9.53 Å². The van der Waals surface area contributed by atoms with Crippen molar-refractivity contribution in [1.82, 2.24) is 10.3 Å². The molecule has 1 aromatic rings. The first-order valence-corrected chi connectivity index (χ1v) is 8.34. The molecule has 0 amide bonds. The summed E-state index contributed by atoms with van der Waals surface area (Å²) in [5.41, 5.74) is 1.09. The summed E-state index contributed by atoms with van der Waals surface area (Å²) in [5, 5.41) is 3.51. The lowest BCUT2D eigenvalue weighted by atomic mass is 9.89. The molecule has 0 radical (unpaired) electrons. The van der Waals surface area contributed by atoms with Crippen LogP contribution in [-0.2, 0) is 11.2 Å². The molecule has 4 nitrogen and oxygen atoms in total. The highest BCUT2D eigenvalue weighted by atomic mass is 16.5. The maximum absolute atomic E-state index is 11.6. The fraction of sp³-hybridized carbons (Fsp3) is 0.667. The van der Waals surface area contributed by atoms with Crippen LogP contribution in [0.3, 0.4) is 0 Å². The van der Waals surface area contributed by atoms with E-state index in [1.54, 1.807) is 0 Å². The quantitative estimate of drug-likeness (QED) is 0.801. The van der Waals surface area contributed by atoms with Gasteiger partial charge >= 0.3 is 0 Å². The molecule has 0 saturated heterocycles. The summed E-state index contributed by atoms with van der Waals surface area (Å²) >= 11 is 0. The number of aromatic nitrogens is 1. The largest absolute Gasteiger partial charge is 0.474 e. The summed E-state index contributed by atoms with van der Waals surface area (Å²) < 4.78 is 5.86. The summed E-state index contributed by atoms with van der Waals surface area (Å²) in [5.74, 6) is 1.10. The van der Waals surface area contributed by atoms with Crippen LogP contribution in [0.25, 0.3) is 0 Å². The van der Waals surface area contributed by atoms with E-state index in [2.05, 4.69) is 24.1 Å². The number of rotatable bonds is 8. The molecule has 0 spiro atoms. The number of pyridine rings is 1. The van der Waals surface area contributed by atoms with Gasteiger partial charge in [-0.15, -0.1) is 0 Å². The molecule has 1 saturated carbocycles. The topological polar surface area (TPSA) is 51.2 Å². The molecule has 0 bridgehead atoms. The SMILES string of the molecule is CC(C)NC1CC(Oc2ccc(CCC(=O)C(C)C)cn2)C1. The molecule has 2 rings (SSSR count). The molecular formula is C18H28N2O2. The Bertz CT molecular complexity index is 476. The van der Waals surface area contributed by atoms with Crippen LogP contribution >= 0.6 is 0 Å². The maximum atomic E-state index is 11.6. The fourth-order valence-electron chi connectivity index (χ4n) is 2.62. The lowest BCUT2D eigenvalue weighted by molar-refractivity contribution is -0.121. The predicted octanol–water partition coefficient (Wildman–Crippen LogP) is 3.15. The standard InChI is InChI=1S/C18H28N2O2/c1-12(2)17(21)7-5-14-6-8-18(19-11-14)22-16-9-15(10-16)20-13(3)4/h6,8,11-13,15-16,20H,5,7,9-10H2,1-4H3. The monoisotopic (exact) mass is 304 g/mol. The summed E-state index contributed by atoms with van der Waals surface area (Å²) in [7, 11) is 0. The maximum Gasteiger partial charge on any atom is 0.213 e. The van der Waals surface area contributed by atoms with E-state index in [4.69, 9.17) is 4.74 Å². The lowest BCUT2D eigenvalue weighted by Gasteiger charge is -2.36. The van der Waals surface area contributed by atoms with Crippen molar-refractivity contribution in [3.8, 4) is 5.88 Å². The van der Waals surface area contributed by atoms with E-state index in [1.165, 1.54) is 0 Å². The number of nitrogens with zero attached hydrogens (tertiary/aromatic N) is 1. The Morgan fingerprint density at radius 1 is 1.32 bits per heavy atom. The van der Waals surface area contributed by atoms with E-state index < -0.39 is 0 Å². The third-order valence-electron chi connectivity index (χ3n) is 4.05. The number of ether oxygens (including phenoxy) is 1. The van der Waals surface area contributed by atoms with E-state index in [9.17, 15) is 4.79 Å². The molecule has 1 heterocycles. The molecular weight excluding hydrogens is 276 g/mol. The van der Waals surface area contributed by atoms with Gasteiger partial charge in [-0.3, -0.25) is 4.79 Å². The van der Waals surface area contributed by atoms with Crippen molar-refractivity contribution in [2.24, 2.45) is 5.92 Å². The van der Waals surface area contributed by atoms with Gasteiger partial charge in [-0.1, -0.05) is 33.8 Å². The van der Waals surface area contributed by atoms with Gasteiger partial charge in [-0.05, 0) is 24.8 Å². The van der Waals surface area contributed by atoms with Gasteiger partial charge in [0.05, 0.1) is 0 Å². The van der Waals surface area contributed by atoms with Gasteiger partial charge < -0.3 is 10.1 Å². The van der Waals surface area contributed by atoms with Crippen molar-refractivity contribution in [2.45, 2.75) is 71.6 Å². The van der Waals surface area contributed by atoms with Gasteiger partial charge in [0.2, 0.25) is 5.88 Å². The number of hydrogen-bond acceptors (Lipinski definition) is 4. The fourth-order valence-corrected chi connectivity index (χ4v) is 2.62. The Balaban J connectivity index is 1.72. The smallest absolute Gasteiger partial charge is 0.213 e. The molecule has 0 atom stereocenters. The number of ketones is 1. The first-order chi connectivity index (χ1) is 10.4. The Labute approximate surface area is 133 Å². The average molecular weight is 304 g/mol. The Morgan fingerprint density at radius 2 is 2.05 bits per heavy atom. The van der Waals surface area contributed by atoms with Gasteiger partial charge in [-0.2, -0.15) is 0 Å².